The fourth-order valence-corrected chi connectivity index (χ4v) is 15.5. The SMILES string of the molecule is CCc1ccc2c(c1)[C@H](c1cc(C(=O)c3cncnc3N[C@@H]3C[C@H](COS(N)(=O)=O)[C@@H](O)C3)sc1C)OCC2.Cc1sc(C(=O)c2cncnc2Nc2ccc(C(=O)O)c(C3CCCC3COS(N)(=O)=O)c2COP(=O)(O)O)cc1[C@@H]1OCCc2ccc(Cl)cc21. The number of thiophene rings is 2. The molecule has 0 amide bonds. The number of aliphatic hydroxyl groups is 1. The number of nitrogens with two attached hydrogens (primary N) is 2. The van der Waals surface area contributed by atoms with Crippen molar-refractivity contribution in [3.63, 3.8) is 0 Å². The lowest BCUT2D eigenvalue weighted by Gasteiger charge is -2.27. The van der Waals surface area contributed by atoms with Crippen molar-refractivity contribution >= 4 is 97.6 Å². The lowest BCUT2D eigenvalue weighted by atomic mass is 9.82. The van der Waals surface area contributed by atoms with Crippen LogP contribution in [-0.2, 0) is 73.4 Å². The number of fused-ring (bicyclic) bond motifs is 2. The zero-order valence-electron chi connectivity index (χ0n) is 49.3. The lowest BCUT2D eigenvalue weighted by molar-refractivity contribution is 0.0690. The van der Waals surface area contributed by atoms with Crippen LogP contribution in [0, 0.1) is 25.7 Å². The Hall–Kier alpha value is -6.35. The molecule has 2 fully saturated rings. The van der Waals surface area contributed by atoms with Crippen LogP contribution in [0.4, 0.5) is 17.3 Å². The number of phosphoric acid groups is 1. The van der Waals surface area contributed by atoms with Gasteiger partial charge in [-0.05, 0) is 152 Å². The molecule has 4 aliphatic rings. The van der Waals surface area contributed by atoms with E-state index in [1.165, 1.54) is 71.0 Å². The van der Waals surface area contributed by atoms with Gasteiger partial charge in [-0.2, -0.15) is 16.8 Å². The minimum atomic E-state index is -5.07. The fraction of sp³-hybridized carbons (Fsp3) is 0.383. The Bertz CT molecular complexity index is 4190. The number of benzene rings is 3. The van der Waals surface area contributed by atoms with Gasteiger partial charge in [0.05, 0.1) is 65.6 Å². The first-order valence-corrected chi connectivity index (χ1v) is 35.4. The van der Waals surface area contributed by atoms with Gasteiger partial charge < -0.3 is 40.1 Å². The zero-order valence-corrected chi connectivity index (χ0v) is 54.2. The third-order valence-electron chi connectivity index (χ3n) is 16.6. The number of aryl methyl sites for hydroxylation is 3. The monoisotopic (exact) mass is 1360 g/mol. The minimum absolute atomic E-state index is 0.0330. The van der Waals surface area contributed by atoms with Gasteiger partial charge in [-0.3, -0.25) is 22.5 Å². The Morgan fingerprint density at radius 2 is 1.32 bits per heavy atom. The van der Waals surface area contributed by atoms with Crippen LogP contribution >= 0.6 is 42.1 Å². The Balaban J connectivity index is 0.000000208. The molecule has 0 bridgehead atoms. The van der Waals surface area contributed by atoms with Crippen molar-refractivity contribution < 1.29 is 78.1 Å². The second-order valence-corrected chi connectivity index (χ2v) is 29.1. The maximum Gasteiger partial charge on any atom is 0.469 e. The summed E-state index contributed by atoms with van der Waals surface area (Å²) in [6, 6.07) is 18.4. The maximum atomic E-state index is 14.1. The maximum absolute atomic E-state index is 14.1. The number of carbonyl (C=O) groups excluding carboxylic acids is 2. The molecule has 4 aromatic heterocycles. The standard InChI is InChI=1S/C33H34ClN4O11PS2.C27H32N4O6S2/c1-17-23(31-24-11-20(34)6-5-18(24)9-10-47-31)12-28(51-17)30(39)25-13-36-16-37-32(25)38-27-8-7-22(33(40)41)29(26(27)15-48-50(42,43)44)21-4-2-3-19(21)14-49-52(35,45)46;1-3-16-4-5-17-6-7-36-26(21(17)8-16)20-11-24(38-15(20)2)25(33)22-12-29-14-30-27(22)31-19-9-18(23(32)10-19)13-37-39(28,34)35/h5-8,11-13,16,19,21,31H,2-4,9-10,14-15H2,1H3,(H,40,41)(H2,35,45,46)(H,36,37,38)(H2,42,43,44);4-5,8,11-12,14,18-19,23,26,32H,3,6-7,9-10,13H2,1-2H3,(H2,28,34,35)(H,29,30,31)/t19?,21?,31-;18-,19-,23+,26+/m01/s1. The van der Waals surface area contributed by atoms with E-state index in [1.54, 1.807) is 6.07 Å². The third kappa shape index (κ3) is 16.4. The highest BCUT2D eigenvalue weighted by molar-refractivity contribution is 7.84. The van der Waals surface area contributed by atoms with Crippen LogP contribution in [-0.4, -0.2) is 113 Å². The number of carboxylic acids is 1. The number of ether oxygens (including phenoxy) is 2. The van der Waals surface area contributed by atoms with Gasteiger partial charge in [0.1, 0.15) is 36.5 Å². The number of nitrogens with one attached hydrogen (secondary N) is 2. The highest BCUT2D eigenvalue weighted by atomic mass is 35.5. The van der Waals surface area contributed by atoms with Gasteiger partial charge in [0.25, 0.3) is 0 Å². The van der Waals surface area contributed by atoms with E-state index in [0.717, 1.165) is 56.8 Å². The van der Waals surface area contributed by atoms with Crippen LogP contribution in [0.2, 0.25) is 5.02 Å². The highest BCUT2D eigenvalue weighted by Crippen LogP contribution is 2.48. The lowest BCUT2D eigenvalue weighted by Crippen LogP contribution is -2.24. The molecule has 25 nitrogen and oxygen atoms in total. The Morgan fingerprint density at radius 1 is 0.747 bits per heavy atom. The summed E-state index contributed by atoms with van der Waals surface area (Å²) in [6.07, 6.45) is 8.70. The summed E-state index contributed by atoms with van der Waals surface area (Å²) in [5, 5.41) is 37.4. The highest BCUT2D eigenvalue weighted by Gasteiger charge is 2.38. The number of aromatic nitrogens is 4. The predicted octanol–water partition coefficient (Wildman–Crippen LogP) is 8.62. The summed E-state index contributed by atoms with van der Waals surface area (Å²) in [6.45, 7) is 5.86. The van der Waals surface area contributed by atoms with E-state index >= 15 is 0 Å². The van der Waals surface area contributed by atoms with Crippen LogP contribution < -0.4 is 20.9 Å². The average Bonchev–Trinajstić information content (AvgIpc) is 1.79. The average molecular weight is 1370 g/mol. The summed E-state index contributed by atoms with van der Waals surface area (Å²) < 4.78 is 84.1. The molecule has 10 N–H and O–H groups in total. The van der Waals surface area contributed by atoms with E-state index in [4.69, 9.17) is 40.1 Å². The predicted molar refractivity (Wildman–Crippen MR) is 337 cm³/mol. The van der Waals surface area contributed by atoms with Gasteiger partial charge in [-0.15, -0.1) is 22.7 Å². The molecule has 2 saturated carbocycles. The minimum Gasteiger partial charge on any atom is -0.478 e. The van der Waals surface area contributed by atoms with E-state index in [1.807, 2.05) is 38.1 Å². The van der Waals surface area contributed by atoms with Gasteiger partial charge in [0.2, 0.25) is 11.6 Å². The van der Waals surface area contributed by atoms with Crippen LogP contribution in [0.1, 0.15) is 158 Å². The zero-order chi connectivity index (χ0) is 65.1. The summed E-state index contributed by atoms with van der Waals surface area (Å²) >= 11 is 9.00. The van der Waals surface area contributed by atoms with E-state index < -0.39 is 76.8 Å². The molecule has 0 spiro atoms. The molecule has 3 aromatic carbocycles. The molecule has 7 atom stereocenters. The van der Waals surface area contributed by atoms with Crippen LogP contribution in [0.15, 0.2) is 85.7 Å². The summed E-state index contributed by atoms with van der Waals surface area (Å²) in [7, 11) is -13.5. The molecule has 2 aliphatic heterocycles. The number of nitrogens with zero attached hydrogens (tertiary/aromatic N) is 4. The van der Waals surface area contributed by atoms with E-state index in [-0.39, 0.29) is 64.9 Å². The van der Waals surface area contributed by atoms with Crippen molar-refractivity contribution in [3.8, 4) is 0 Å². The van der Waals surface area contributed by atoms with Crippen molar-refractivity contribution in [1.29, 1.82) is 0 Å². The number of hydrogen-bond donors (Lipinski definition) is 8. The number of phosphoric ester groups is 1. The molecule has 31 heteroatoms. The number of ketones is 2. The number of rotatable bonds is 22. The van der Waals surface area contributed by atoms with E-state index in [0.29, 0.717) is 71.5 Å². The van der Waals surface area contributed by atoms with Gasteiger partial charge in [-0.25, -0.2) is 39.6 Å². The number of hydrogen-bond acceptors (Lipinski definition) is 22. The van der Waals surface area contributed by atoms with Crippen LogP contribution in [0.25, 0.3) is 0 Å². The van der Waals surface area contributed by atoms with Crippen LogP contribution in [0.5, 0.6) is 0 Å². The first kappa shape index (κ1) is 67.5. The Morgan fingerprint density at radius 3 is 1.90 bits per heavy atom. The molecule has 91 heavy (non-hydrogen) atoms. The van der Waals surface area contributed by atoms with Gasteiger partial charge >= 0.3 is 34.4 Å². The van der Waals surface area contributed by atoms with Gasteiger partial charge in [0, 0.05) is 50.4 Å². The molecule has 0 radical (unpaired) electrons. The second kappa shape index (κ2) is 28.5. The smallest absolute Gasteiger partial charge is 0.469 e. The van der Waals surface area contributed by atoms with Crippen molar-refractivity contribution in [3.05, 3.63) is 177 Å². The quantitative estimate of drug-likeness (QED) is 0.0232. The van der Waals surface area contributed by atoms with E-state index in [9.17, 15) is 55.8 Å². The molecular weight excluding hydrogens is 1300 g/mol. The summed E-state index contributed by atoms with van der Waals surface area (Å²) in [5.74, 6) is -3.11. The number of aliphatic hydroxyl groups excluding tert-OH is 1. The van der Waals surface area contributed by atoms with Crippen molar-refractivity contribution in [2.24, 2.45) is 22.1 Å². The van der Waals surface area contributed by atoms with Crippen molar-refractivity contribution in [2.45, 2.75) is 109 Å². The summed E-state index contributed by atoms with van der Waals surface area (Å²) in [5.41, 5.74) is 8.09. The number of carboxylic acid groups (broad SMARTS) is 1. The van der Waals surface area contributed by atoms with Crippen LogP contribution in [0.3, 0.4) is 0 Å². The topological polar surface area (TPSA) is 391 Å². The van der Waals surface area contributed by atoms with Crippen molar-refractivity contribution in [1.82, 2.24) is 19.9 Å². The molecule has 7 aromatic rings. The van der Waals surface area contributed by atoms with Gasteiger partial charge in [-0.1, -0.05) is 49.2 Å². The molecule has 2 aliphatic carbocycles. The fourth-order valence-electron chi connectivity index (χ4n) is 12.2. The van der Waals surface area contributed by atoms with E-state index in [2.05, 4.69) is 59.9 Å². The molecule has 6 heterocycles. The van der Waals surface area contributed by atoms with Crippen molar-refractivity contribution in [2.75, 3.05) is 37.1 Å². The first-order chi connectivity index (χ1) is 43.2. The second-order valence-electron chi connectivity index (χ2n) is 22.4. The molecule has 0 saturated heterocycles. The Labute approximate surface area is 537 Å². The number of aromatic carboxylic acids is 1. The Kier molecular flexibility index (Phi) is 21.1. The molecule has 2 unspecified atom stereocenters. The number of halogens is 1. The van der Waals surface area contributed by atoms with Gasteiger partial charge in [0.15, 0.2) is 0 Å². The molecule has 11 rings (SSSR count). The number of anilines is 3. The third-order valence-corrected chi connectivity index (χ3v) is 20.3. The largest absolute Gasteiger partial charge is 0.478 e. The first-order valence-electron chi connectivity index (χ1n) is 28.9. The number of carbonyl (C=O) groups is 3. The molecular formula is C60H66ClN8O17PS4. The normalized spacial score (nSPS) is 20.7. The summed E-state index contributed by atoms with van der Waals surface area (Å²) in [4.78, 5) is 79.1. The molecule has 484 valence electrons.